The molecule has 1 aromatic heterocycles. The molecule has 0 amide bonds. The lowest BCUT2D eigenvalue weighted by atomic mass is 9.99. The Balaban J connectivity index is 1.87. The van der Waals surface area contributed by atoms with Gasteiger partial charge in [-0.05, 0) is 55.7 Å². The predicted octanol–water partition coefficient (Wildman–Crippen LogP) is 7.44. The lowest BCUT2D eigenvalue weighted by Gasteiger charge is -2.15. The van der Waals surface area contributed by atoms with Crippen molar-refractivity contribution in [2.24, 2.45) is 0 Å². The molecule has 4 aromatic rings. The zero-order chi connectivity index (χ0) is 26.1. The van der Waals surface area contributed by atoms with Crippen LogP contribution in [0.15, 0.2) is 79.0 Å². The van der Waals surface area contributed by atoms with Crippen LogP contribution in [0.25, 0.3) is 28.2 Å². The molecule has 0 aliphatic carbocycles. The van der Waals surface area contributed by atoms with E-state index in [0.29, 0.717) is 17.7 Å². The van der Waals surface area contributed by atoms with E-state index in [1.54, 1.807) is 29.0 Å². The topological polar surface area (TPSA) is 55.1 Å². The lowest BCUT2D eigenvalue weighted by molar-refractivity contribution is -0.137. The molecule has 0 radical (unpaired) electrons. The minimum Gasteiger partial charge on any atom is -0.384 e. The average molecular weight is 493 g/mol. The number of ketones is 1. The Kier molecular flexibility index (Phi) is 6.87. The third-order valence-corrected chi connectivity index (χ3v) is 5.93. The van der Waals surface area contributed by atoms with Crippen molar-refractivity contribution in [1.29, 1.82) is 0 Å². The highest BCUT2D eigenvalue weighted by Gasteiger charge is 2.35. The van der Waals surface area contributed by atoms with Crippen molar-refractivity contribution in [2.45, 2.75) is 45.4 Å². The van der Waals surface area contributed by atoms with Crippen LogP contribution in [0.5, 0.6) is 0 Å². The summed E-state index contributed by atoms with van der Waals surface area (Å²) in [5, 5.41) is 10.6. The molecule has 1 N–H and O–H groups in total. The minimum absolute atomic E-state index is 0.0611. The molecule has 0 aliphatic heterocycles. The van der Waals surface area contributed by atoms with Crippen molar-refractivity contribution in [2.75, 3.05) is 0 Å². The summed E-state index contributed by atoms with van der Waals surface area (Å²) < 4.78 is 43.1. The van der Waals surface area contributed by atoms with Crippen molar-refractivity contribution >= 4 is 5.78 Å². The SMILES string of the molecule is CCCC(=O)c1cccc(-c2cccc(-n3cc(C(C)(C)O)nc3-c3ccccc3C(F)(F)F)c2)c1. The maximum absolute atomic E-state index is 13.8. The Labute approximate surface area is 208 Å². The second-order valence-corrected chi connectivity index (χ2v) is 9.23. The molecule has 0 aliphatic rings. The van der Waals surface area contributed by atoms with Crippen LogP contribution >= 0.6 is 0 Å². The number of hydrogen-bond acceptors (Lipinski definition) is 3. The Morgan fingerprint density at radius 1 is 0.944 bits per heavy atom. The second-order valence-electron chi connectivity index (χ2n) is 9.23. The maximum atomic E-state index is 13.8. The molecule has 0 fully saturated rings. The monoisotopic (exact) mass is 492 g/mol. The molecule has 0 atom stereocenters. The van der Waals surface area contributed by atoms with Gasteiger partial charge in [0.05, 0.1) is 11.3 Å². The molecule has 0 unspecified atom stereocenters. The van der Waals surface area contributed by atoms with E-state index in [2.05, 4.69) is 4.98 Å². The first-order valence-electron chi connectivity index (χ1n) is 11.7. The van der Waals surface area contributed by atoms with Crippen molar-refractivity contribution in [1.82, 2.24) is 9.55 Å². The van der Waals surface area contributed by atoms with Crippen molar-refractivity contribution in [3.63, 3.8) is 0 Å². The number of aromatic nitrogens is 2. The molecule has 0 saturated carbocycles. The molecule has 1 heterocycles. The van der Waals surface area contributed by atoms with E-state index in [4.69, 9.17) is 0 Å². The molecule has 0 bridgehead atoms. The molecule has 0 spiro atoms. The number of alkyl halides is 3. The fourth-order valence-electron chi connectivity index (χ4n) is 4.07. The highest BCUT2D eigenvalue weighted by Crippen LogP contribution is 2.38. The van der Waals surface area contributed by atoms with Gasteiger partial charge in [0.25, 0.3) is 0 Å². The zero-order valence-corrected chi connectivity index (χ0v) is 20.3. The summed E-state index contributed by atoms with van der Waals surface area (Å²) in [6.45, 7) is 5.02. The summed E-state index contributed by atoms with van der Waals surface area (Å²) in [6, 6.07) is 19.9. The first-order chi connectivity index (χ1) is 17.0. The fourth-order valence-corrected chi connectivity index (χ4v) is 4.07. The number of halogens is 3. The van der Waals surface area contributed by atoms with Gasteiger partial charge in [-0.1, -0.05) is 55.5 Å². The number of carbonyl (C=O) groups excluding carboxylic acids is 1. The molecular formula is C29H27F3N2O2. The average Bonchev–Trinajstić information content (AvgIpc) is 3.30. The zero-order valence-electron chi connectivity index (χ0n) is 20.3. The number of imidazole rings is 1. The maximum Gasteiger partial charge on any atom is 0.417 e. The number of hydrogen-bond donors (Lipinski definition) is 1. The van der Waals surface area contributed by atoms with Gasteiger partial charge < -0.3 is 5.11 Å². The lowest BCUT2D eigenvalue weighted by Crippen LogP contribution is -2.15. The molecule has 3 aromatic carbocycles. The van der Waals surface area contributed by atoms with Crippen LogP contribution in [0.1, 0.15) is 55.2 Å². The van der Waals surface area contributed by atoms with Gasteiger partial charge in [0.2, 0.25) is 0 Å². The van der Waals surface area contributed by atoms with Crippen molar-refractivity contribution in [3.05, 3.63) is 95.8 Å². The van der Waals surface area contributed by atoms with Gasteiger partial charge in [0, 0.05) is 29.4 Å². The van der Waals surface area contributed by atoms with Crippen molar-refractivity contribution in [3.8, 4) is 28.2 Å². The summed E-state index contributed by atoms with van der Waals surface area (Å²) in [4.78, 5) is 16.8. The standard InChI is InChI=1S/C29H27F3N2O2/c1-4-9-25(35)21-12-7-10-19(16-21)20-11-8-13-22(17-20)34-18-26(28(2,3)36)33-27(34)23-14-5-6-15-24(23)29(30,31)32/h5-8,10-18,36H,4,9H2,1-3H3. The number of rotatable bonds is 7. The van der Waals surface area contributed by atoms with Gasteiger partial charge in [0.15, 0.2) is 5.78 Å². The summed E-state index contributed by atoms with van der Waals surface area (Å²) in [5.74, 6) is 0.134. The smallest absolute Gasteiger partial charge is 0.384 e. The molecule has 186 valence electrons. The quantitative estimate of drug-likeness (QED) is 0.273. The van der Waals surface area contributed by atoms with Gasteiger partial charge in [-0.15, -0.1) is 0 Å². The van der Waals surface area contributed by atoms with Gasteiger partial charge in [-0.2, -0.15) is 13.2 Å². The number of aliphatic hydroxyl groups is 1. The summed E-state index contributed by atoms with van der Waals surface area (Å²) in [5.41, 5.74) is 0.798. The first-order valence-corrected chi connectivity index (χ1v) is 11.7. The number of Topliss-reactive ketones (excluding diaryl/α,β-unsaturated/α-hetero) is 1. The minimum atomic E-state index is -4.57. The highest BCUT2D eigenvalue weighted by molar-refractivity contribution is 5.97. The summed E-state index contributed by atoms with van der Waals surface area (Å²) in [7, 11) is 0. The molecule has 7 heteroatoms. The molecule has 4 nitrogen and oxygen atoms in total. The number of nitrogens with zero attached hydrogens (tertiary/aromatic N) is 2. The Morgan fingerprint density at radius 2 is 1.61 bits per heavy atom. The van der Waals surface area contributed by atoms with Crippen LogP contribution in [-0.4, -0.2) is 20.4 Å². The normalized spacial score (nSPS) is 12.1. The van der Waals surface area contributed by atoms with Gasteiger partial charge in [-0.25, -0.2) is 4.98 Å². The van der Waals surface area contributed by atoms with Gasteiger partial charge in [0.1, 0.15) is 11.4 Å². The van der Waals surface area contributed by atoms with E-state index < -0.39 is 17.3 Å². The second kappa shape index (κ2) is 9.74. The number of benzene rings is 3. The Morgan fingerprint density at radius 3 is 2.28 bits per heavy atom. The Hall–Kier alpha value is -3.71. The van der Waals surface area contributed by atoms with E-state index in [-0.39, 0.29) is 22.9 Å². The largest absolute Gasteiger partial charge is 0.417 e. The number of carbonyl (C=O) groups is 1. The molecule has 4 rings (SSSR count). The molecule has 36 heavy (non-hydrogen) atoms. The predicted molar refractivity (Wildman–Crippen MR) is 134 cm³/mol. The highest BCUT2D eigenvalue weighted by atomic mass is 19.4. The van der Waals surface area contributed by atoms with Crippen LogP contribution in [0.3, 0.4) is 0 Å². The molecule has 0 saturated heterocycles. The fraction of sp³-hybridized carbons (Fsp3) is 0.241. The van der Waals surface area contributed by atoms with Crippen LogP contribution in [0.2, 0.25) is 0 Å². The van der Waals surface area contributed by atoms with Crippen LogP contribution in [0, 0.1) is 0 Å². The van der Waals surface area contributed by atoms with Gasteiger partial charge >= 0.3 is 6.18 Å². The van der Waals surface area contributed by atoms with Gasteiger partial charge in [-0.3, -0.25) is 9.36 Å². The molecular weight excluding hydrogens is 465 g/mol. The van der Waals surface area contributed by atoms with E-state index in [9.17, 15) is 23.1 Å². The van der Waals surface area contributed by atoms with Crippen LogP contribution < -0.4 is 0 Å². The Bertz CT molecular complexity index is 1400. The van der Waals surface area contributed by atoms with Crippen molar-refractivity contribution < 1.29 is 23.1 Å². The van der Waals surface area contributed by atoms with Crippen LogP contribution in [-0.2, 0) is 11.8 Å². The van der Waals surface area contributed by atoms with E-state index in [1.807, 2.05) is 37.3 Å². The van der Waals surface area contributed by atoms with Crippen LogP contribution in [0.4, 0.5) is 13.2 Å². The summed E-state index contributed by atoms with van der Waals surface area (Å²) in [6.07, 6.45) is -1.80. The van der Waals surface area contributed by atoms with E-state index in [1.165, 1.54) is 32.0 Å². The third kappa shape index (κ3) is 5.26. The van der Waals surface area contributed by atoms with E-state index >= 15 is 0 Å². The summed E-state index contributed by atoms with van der Waals surface area (Å²) >= 11 is 0. The third-order valence-electron chi connectivity index (χ3n) is 5.93. The first kappa shape index (κ1) is 25.4. The van der Waals surface area contributed by atoms with E-state index in [0.717, 1.165) is 23.6 Å².